The van der Waals surface area contributed by atoms with E-state index in [9.17, 15) is 0 Å². The van der Waals surface area contributed by atoms with Crippen molar-refractivity contribution >= 4 is 17.0 Å². The molecule has 1 aromatic carbocycles. The molecule has 0 aliphatic carbocycles. The summed E-state index contributed by atoms with van der Waals surface area (Å²) in [5, 5.41) is 12.9. The van der Waals surface area contributed by atoms with Gasteiger partial charge in [-0.05, 0) is 12.1 Å². The molecular weight excluding hydrogens is 244 g/mol. The van der Waals surface area contributed by atoms with Gasteiger partial charge in [0.1, 0.15) is 11.6 Å². The molecule has 0 saturated heterocycles. The van der Waals surface area contributed by atoms with Crippen molar-refractivity contribution in [3.05, 3.63) is 35.5 Å². The highest BCUT2D eigenvalue weighted by molar-refractivity contribution is 5.84. The number of anilines is 1. The standard InChI is InChI=1S/C12H10N6O/c1-7-15-10(17-19-7)6-18-9-4-2-3-8(5-13)11(9)16-12(18)14/h2-4H,6H2,1H3,(H2,14,16). The Hall–Kier alpha value is -2.88. The first kappa shape index (κ1) is 11.2. The second kappa shape index (κ2) is 4.10. The van der Waals surface area contributed by atoms with Crippen molar-refractivity contribution < 1.29 is 4.52 Å². The van der Waals surface area contributed by atoms with E-state index in [1.54, 1.807) is 23.6 Å². The number of nitrogens with zero attached hydrogens (tertiary/aromatic N) is 5. The van der Waals surface area contributed by atoms with E-state index in [0.717, 1.165) is 5.52 Å². The number of imidazole rings is 1. The monoisotopic (exact) mass is 254 g/mol. The number of para-hydroxylation sites is 1. The summed E-state index contributed by atoms with van der Waals surface area (Å²) in [6.07, 6.45) is 0. The first-order chi connectivity index (χ1) is 9.19. The predicted molar refractivity (Wildman–Crippen MR) is 67.0 cm³/mol. The summed E-state index contributed by atoms with van der Waals surface area (Å²) in [4.78, 5) is 8.35. The fraction of sp³-hybridized carbons (Fsp3) is 0.167. The van der Waals surface area contributed by atoms with Crippen LogP contribution in [0.4, 0.5) is 5.95 Å². The van der Waals surface area contributed by atoms with Crippen molar-refractivity contribution in [3.8, 4) is 6.07 Å². The Balaban J connectivity index is 2.14. The van der Waals surface area contributed by atoms with Crippen LogP contribution < -0.4 is 5.73 Å². The minimum Gasteiger partial charge on any atom is -0.369 e. The number of nitrogens with two attached hydrogens (primary N) is 1. The van der Waals surface area contributed by atoms with Crippen molar-refractivity contribution in [2.75, 3.05) is 5.73 Å². The van der Waals surface area contributed by atoms with Crippen LogP contribution in [0.25, 0.3) is 11.0 Å². The third kappa shape index (κ3) is 1.79. The molecule has 2 heterocycles. The van der Waals surface area contributed by atoms with E-state index >= 15 is 0 Å². The van der Waals surface area contributed by atoms with Crippen LogP contribution in [0.2, 0.25) is 0 Å². The van der Waals surface area contributed by atoms with Gasteiger partial charge < -0.3 is 14.8 Å². The third-order valence-electron chi connectivity index (χ3n) is 2.80. The molecule has 0 saturated carbocycles. The average molecular weight is 254 g/mol. The molecule has 7 nitrogen and oxygen atoms in total. The second-order valence-electron chi connectivity index (χ2n) is 4.07. The lowest BCUT2D eigenvalue weighted by atomic mass is 10.2. The Morgan fingerprint density at radius 1 is 1.42 bits per heavy atom. The van der Waals surface area contributed by atoms with E-state index in [4.69, 9.17) is 15.5 Å². The molecule has 0 aliphatic heterocycles. The maximum absolute atomic E-state index is 9.05. The third-order valence-corrected chi connectivity index (χ3v) is 2.80. The molecule has 0 unspecified atom stereocenters. The van der Waals surface area contributed by atoms with Gasteiger partial charge in [0.2, 0.25) is 11.8 Å². The molecule has 2 N–H and O–H groups in total. The number of nitriles is 1. The summed E-state index contributed by atoms with van der Waals surface area (Å²) in [6, 6.07) is 7.45. The zero-order valence-electron chi connectivity index (χ0n) is 10.2. The van der Waals surface area contributed by atoms with Crippen molar-refractivity contribution in [1.29, 1.82) is 5.26 Å². The van der Waals surface area contributed by atoms with E-state index in [0.29, 0.717) is 35.3 Å². The summed E-state index contributed by atoms with van der Waals surface area (Å²) < 4.78 is 6.67. The van der Waals surface area contributed by atoms with Crippen LogP contribution >= 0.6 is 0 Å². The molecule has 94 valence electrons. The van der Waals surface area contributed by atoms with Crippen LogP contribution in [-0.2, 0) is 6.54 Å². The molecular formula is C12H10N6O. The fourth-order valence-corrected chi connectivity index (χ4v) is 1.97. The highest BCUT2D eigenvalue weighted by Gasteiger charge is 2.13. The molecule has 0 radical (unpaired) electrons. The summed E-state index contributed by atoms with van der Waals surface area (Å²) in [5.74, 6) is 1.33. The Bertz CT molecular complexity index is 794. The molecule has 0 aliphatic rings. The molecule has 19 heavy (non-hydrogen) atoms. The Labute approximate surface area is 108 Å². The quantitative estimate of drug-likeness (QED) is 0.737. The van der Waals surface area contributed by atoms with Crippen LogP contribution in [-0.4, -0.2) is 19.7 Å². The largest absolute Gasteiger partial charge is 0.369 e. The first-order valence-corrected chi connectivity index (χ1v) is 5.63. The second-order valence-corrected chi connectivity index (χ2v) is 4.07. The van der Waals surface area contributed by atoms with E-state index < -0.39 is 0 Å². The SMILES string of the molecule is Cc1nc(Cn2c(N)nc3c(C#N)cccc32)no1. The van der Waals surface area contributed by atoms with Crippen LogP contribution in [0.15, 0.2) is 22.7 Å². The number of rotatable bonds is 2. The van der Waals surface area contributed by atoms with E-state index in [1.165, 1.54) is 0 Å². The van der Waals surface area contributed by atoms with Gasteiger partial charge in [0.25, 0.3) is 0 Å². The van der Waals surface area contributed by atoms with Gasteiger partial charge in [-0.3, -0.25) is 0 Å². The maximum atomic E-state index is 9.05. The lowest BCUT2D eigenvalue weighted by molar-refractivity contribution is 0.386. The minimum absolute atomic E-state index is 0.320. The summed E-state index contributed by atoms with van der Waals surface area (Å²) in [7, 11) is 0. The van der Waals surface area contributed by atoms with Gasteiger partial charge in [0, 0.05) is 6.92 Å². The van der Waals surface area contributed by atoms with Gasteiger partial charge in [-0.25, -0.2) is 4.98 Å². The van der Waals surface area contributed by atoms with E-state index in [-0.39, 0.29) is 0 Å². The maximum Gasteiger partial charge on any atom is 0.223 e. The van der Waals surface area contributed by atoms with Crippen molar-refractivity contribution in [2.24, 2.45) is 0 Å². The van der Waals surface area contributed by atoms with Gasteiger partial charge >= 0.3 is 0 Å². The molecule has 3 aromatic rings. The van der Waals surface area contributed by atoms with Crippen LogP contribution in [0, 0.1) is 18.3 Å². The molecule has 0 bridgehead atoms. The summed E-state index contributed by atoms with van der Waals surface area (Å²) >= 11 is 0. The van der Waals surface area contributed by atoms with Crippen molar-refractivity contribution in [1.82, 2.24) is 19.7 Å². The molecule has 0 atom stereocenters. The highest BCUT2D eigenvalue weighted by atomic mass is 16.5. The van der Waals surface area contributed by atoms with Crippen LogP contribution in [0.5, 0.6) is 0 Å². The zero-order valence-corrected chi connectivity index (χ0v) is 10.2. The molecule has 0 spiro atoms. The van der Waals surface area contributed by atoms with E-state index in [2.05, 4.69) is 21.2 Å². The number of benzene rings is 1. The van der Waals surface area contributed by atoms with Gasteiger partial charge in [-0.1, -0.05) is 11.2 Å². The number of nitrogen functional groups attached to an aromatic ring is 1. The van der Waals surface area contributed by atoms with Gasteiger partial charge in [-0.15, -0.1) is 0 Å². The lowest BCUT2D eigenvalue weighted by Crippen LogP contribution is -2.05. The normalized spacial score (nSPS) is 10.7. The van der Waals surface area contributed by atoms with Gasteiger partial charge in [-0.2, -0.15) is 10.2 Å². The smallest absolute Gasteiger partial charge is 0.223 e. The number of aromatic nitrogens is 4. The Morgan fingerprint density at radius 2 is 2.26 bits per heavy atom. The zero-order chi connectivity index (χ0) is 13.4. The minimum atomic E-state index is 0.320. The number of hydrogen-bond acceptors (Lipinski definition) is 6. The molecule has 2 aromatic heterocycles. The molecule has 0 amide bonds. The Kier molecular flexibility index (Phi) is 2.42. The molecule has 7 heteroatoms. The predicted octanol–water partition coefficient (Wildman–Crippen LogP) is 1.23. The average Bonchev–Trinajstić information content (AvgIpc) is 2.94. The fourth-order valence-electron chi connectivity index (χ4n) is 1.97. The Morgan fingerprint density at radius 3 is 2.95 bits per heavy atom. The number of fused-ring (bicyclic) bond motifs is 1. The highest BCUT2D eigenvalue weighted by Crippen LogP contribution is 2.21. The topological polar surface area (TPSA) is 107 Å². The van der Waals surface area contributed by atoms with Crippen LogP contribution in [0.1, 0.15) is 17.3 Å². The number of aryl methyl sites for hydroxylation is 1. The van der Waals surface area contributed by atoms with E-state index in [1.807, 2.05) is 6.07 Å². The van der Waals surface area contributed by atoms with Crippen molar-refractivity contribution in [2.45, 2.75) is 13.5 Å². The van der Waals surface area contributed by atoms with Gasteiger partial charge in [0.05, 0.1) is 17.6 Å². The summed E-state index contributed by atoms with van der Waals surface area (Å²) in [5.41, 5.74) is 7.74. The van der Waals surface area contributed by atoms with Gasteiger partial charge in [0.15, 0.2) is 5.82 Å². The summed E-state index contributed by atoms with van der Waals surface area (Å²) in [6.45, 7) is 2.08. The molecule has 3 rings (SSSR count). The first-order valence-electron chi connectivity index (χ1n) is 5.63. The number of hydrogen-bond donors (Lipinski definition) is 1. The molecule has 0 fully saturated rings. The van der Waals surface area contributed by atoms with Crippen LogP contribution in [0.3, 0.4) is 0 Å². The lowest BCUT2D eigenvalue weighted by Gasteiger charge is -2.02. The van der Waals surface area contributed by atoms with Crippen molar-refractivity contribution in [3.63, 3.8) is 0 Å².